The SMILES string of the molecule is CC(=O)C(C)c1ccc(S(=O)(=O)NC(C)C)cc1. The Bertz CT molecular complexity index is 518. The molecule has 1 rings (SSSR count). The number of nitrogens with one attached hydrogen (secondary N) is 1. The van der Waals surface area contributed by atoms with Crippen LogP contribution in [0.2, 0.25) is 0 Å². The summed E-state index contributed by atoms with van der Waals surface area (Å²) in [5.41, 5.74) is 0.825. The highest BCUT2D eigenvalue weighted by Gasteiger charge is 2.16. The van der Waals surface area contributed by atoms with E-state index in [0.717, 1.165) is 5.56 Å². The van der Waals surface area contributed by atoms with Crippen LogP contribution < -0.4 is 4.72 Å². The monoisotopic (exact) mass is 269 g/mol. The van der Waals surface area contributed by atoms with E-state index in [4.69, 9.17) is 0 Å². The van der Waals surface area contributed by atoms with Crippen LogP contribution in [-0.2, 0) is 14.8 Å². The van der Waals surface area contributed by atoms with E-state index in [0.29, 0.717) is 0 Å². The summed E-state index contributed by atoms with van der Waals surface area (Å²) < 4.78 is 26.3. The zero-order valence-electron chi connectivity index (χ0n) is 11.1. The van der Waals surface area contributed by atoms with Crippen LogP contribution in [0.3, 0.4) is 0 Å². The van der Waals surface area contributed by atoms with Crippen LogP contribution in [0.15, 0.2) is 29.2 Å². The van der Waals surface area contributed by atoms with E-state index in [1.807, 2.05) is 0 Å². The molecule has 18 heavy (non-hydrogen) atoms. The van der Waals surface area contributed by atoms with E-state index < -0.39 is 10.0 Å². The molecule has 100 valence electrons. The van der Waals surface area contributed by atoms with Crippen molar-refractivity contribution in [1.29, 1.82) is 0 Å². The van der Waals surface area contributed by atoms with Gasteiger partial charge < -0.3 is 0 Å². The molecule has 0 aromatic heterocycles. The van der Waals surface area contributed by atoms with Gasteiger partial charge >= 0.3 is 0 Å². The average molecular weight is 269 g/mol. The maximum atomic E-state index is 11.9. The second-order valence-corrected chi connectivity index (χ2v) is 6.39. The Morgan fingerprint density at radius 1 is 1.11 bits per heavy atom. The minimum absolute atomic E-state index is 0.0610. The van der Waals surface area contributed by atoms with Gasteiger partial charge in [0.1, 0.15) is 5.78 Å². The summed E-state index contributed by atoms with van der Waals surface area (Å²) in [5.74, 6) is -0.147. The molecule has 0 aliphatic rings. The first-order chi connectivity index (χ1) is 8.24. The molecule has 1 N–H and O–H groups in total. The third-order valence-corrected chi connectivity index (χ3v) is 4.37. The molecular weight excluding hydrogens is 250 g/mol. The van der Waals surface area contributed by atoms with Crippen LogP contribution >= 0.6 is 0 Å². The summed E-state index contributed by atoms with van der Waals surface area (Å²) in [5, 5.41) is 0. The lowest BCUT2D eigenvalue weighted by Crippen LogP contribution is -2.30. The summed E-state index contributed by atoms with van der Waals surface area (Å²) in [6, 6.07) is 6.27. The first kappa shape index (κ1) is 14.9. The van der Waals surface area contributed by atoms with Crippen molar-refractivity contribution >= 4 is 15.8 Å². The second kappa shape index (κ2) is 5.63. The van der Waals surface area contributed by atoms with E-state index in [2.05, 4.69) is 4.72 Å². The highest BCUT2D eigenvalue weighted by Crippen LogP contribution is 2.18. The topological polar surface area (TPSA) is 63.2 Å². The van der Waals surface area contributed by atoms with Crippen molar-refractivity contribution in [3.63, 3.8) is 0 Å². The molecule has 0 aliphatic heterocycles. The fraction of sp³-hybridized carbons (Fsp3) is 0.462. The molecule has 1 atom stereocenters. The second-order valence-electron chi connectivity index (χ2n) is 4.68. The molecular formula is C13H19NO3S. The molecule has 0 bridgehead atoms. The molecule has 0 radical (unpaired) electrons. The van der Waals surface area contributed by atoms with Crippen LogP contribution in [0.4, 0.5) is 0 Å². The van der Waals surface area contributed by atoms with E-state index in [1.165, 1.54) is 19.1 Å². The molecule has 0 fully saturated rings. The van der Waals surface area contributed by atoms with Crippen molar-refractivity contribution in [3.8, 4) is 0 Å². The predicted octanol–water partition coefficient (Wildman–Crippen LogP) is 2.07. The fourth-order valence-electron chi connectivity index (χ4n) is 1.55. The Labute approximate surface area is 108 Å². The van der Waals surface area contributed by atoms with Crippen LogP contribution in [0.1, 0.15) is 39.2 Å². The van der Waals surface area contributed by atoms with Gasteiger partial charge in [-0.3, -0.25) is 4.79 Å². The molecule has 5 heteroatoms. The molecule has 0 heterocycles. The fourth-order valence-corrected chi connectivity index (χ4v) is 2.80. The van der Waals surface area contributed by atoms with Gasteiger partial charge in [-0.2, -0.15) is 0 Å². The third-order valence-electron chi connectivity index (χ3n) is 2.69. The summed E-state index contributed by atoms with van der Waals surface area (Å²) in [6.07, 6.45) is 0. The zero-order chi connectivity index (χ0) is 13.9. The highest BCUT2D eigenvalue weighted by atomic mass is 32.2. The highest BCUT2D eigenvalue weighted by molar-refractivity contribution is 7.89. The van der Waals surface area contributed by atoms with Gasteiger partial charge in [0.05, 0.1) is 4.90 Å². The normalized spacial score (nSPS) is 13.6. The van der Waals surface area contributed by atoms with Crippen LogP contribution in [-0.4, -0.2) is 20.2 Å². The standard InChI is InChI=1S/C13H19NO3S/c1-9(2)14-18(16,17)13-7-5-12(6-8-13)10(3)11(4)15/h5-10,14H,1-4H3. The molecule has 4 nitrogen and oxygen atoms in total. The molecule has 0 saturated carbocycles. The Balaban J connectivity index is 3.00. The number of benzene rings is 1. The summed E-state index contributed by atoms with van der Waals surface area (Å²) in [4.78, 5) is 11.5. The van der Waals surface area contributed by atoms with Gasteiger partial charge in [0.2, 0.25) is 10.0 Å². The Kier molecular flexibility index (Phi) is 4.65. The number of Topliss-reactive ketones (excluding diaryl/α,β-unsaturated/α-hetero) is 1. The molecule has 1 aromatic rings. The van der Waals surface area contributed by atoms with Gasteiger partial charge in [-0.25, -0.2) is 13.1 Å². The Hall–Kier alpha value is -1.20. The number of rotatable bonds is 5. The smallest absolute Gasteiger partial charge is 0.240 e. The zero-order valence-corrected chi connectivity index (χ0v) is 11.9. The molecule has 1 aromatic carbocycles. The number of ketones is 1. The molecule has 0 spiro atoms. The lowest BCUT2D eigenvalue weighted by atomic mass is 9.98. The van der Waals surface area contributed by atoms with E-state index in [9.17, 15) is 13.2 Å². The number of sulfonamides is 1. The first-order valence-corrected chi connectivity index (χ1v) is 7.35. The molecule has 0 aliphatic carbocycles. The van der Waals surface area contributed by atoms with Gasteiger partial charge in [0, 0.05) is 12.0 Å². The average Bonchev–Trinajstić information content (AvgIpc) is 2.26. The van der Waals surface area contributed by atoms with E-state index in [1.54, 1.807) is 32.9 Å². The molecule has 0 amide bonds. The van der Waals surface area contributed by atoms with E-state index in [-0.39, 0.29) is 22.6 Å². The van der Waals surface area contributed by atoms with Crippen molar-refractivity contribution in [2.24, 2.45) is 0 Å². The van der Waals surface area contributed by atoms with Crippen LogP contribution in [0.5, 0.6) is 0 Å². The van der Waals surface area contributed by atoms with Gasteiger partial charge in [0.25, 0.3) is 0 Å². The maximum Gasteiger partial charge on any atom is 0.240 e. The number of carbonyl (C=O) groups is 1. The number of hydrogen-bond donors (Lipinski definition) is 1. The lowest BCUT2D eigenvalue weighted by Gasteiger charge is -2.11. The number of carbonyl (C=O) groups excluding carboxylic acids is 1. The van der Waals surface area contributed by atoms with Crippen molar-refractivity contribution < 1.29 is 13.2 Å². The van der Waals surface area contributed by atoms with Crippen molar-refractivity contribution in [3.05, 3.63) is 29.8 Å². The minimum atomic E-state index is -3.46. The van der Waals surface area contributed by atoms with Crippen molar-refractivity contribution in [2.45, 2.75) is 44.6 Å². The first-order valence-electron chi connectivity index (χ1n) is 5.87. The van der Waals surface area contributed by atoms with Gasteiger partial charge in [-0.05, 0) is 38.5 Å². The van der Waals surface area contributed by atoms with E-state index >= 15 is 0 Å². The largest absolute Gasteiger partial charge is 0.299 e. The summed E-state index contributed by atoms with van der Waals surface area (Å²) >= 11 is 0. The van der Waals surface area contributed by atoms with Crippen LogP contribution in [0, 0.1) is 0 Å². The Morgan fingerprint density at radius 2 is 1.61 bits per heavy atom. The molecule has 0 saturated heterocycles. The lowest BCUT2D eigenvalue weighted by molar-refractivity contribution is -0.118. The summed E-state index contributed by atoms with van der Waals surface area (Å²) in [6.45, 7) is 6.86. The summed E-state index contributed by atoms with van der Waals surface area (Å²) in [7, 11) is -3.46. The van der Waals surface area contributed by atoms with Crippen molar-refractivity contribution in [2.75, 3.05) is 0 Å². The van der Waals surface area contributed by atoms with Crippen LogP contribution in [0.25, 0.3) is 0 Å². The minimum Gasteiger partial charge on any atom is -0.299 e. The predicted molar refractivity (Wildman–Crippen MR) is 71.0 cm³/mol. The van der Waals surface area contributed by atoms with Gasteiger partial charge in [-0.15, -0.1) is 0 Å². The van der Waals surface area contributed by atoms with Gasteiger partial charge in [0.15, 0.2) is 0 Å². The number of hydrogen-bond acceptors (Lipinski definition) is 3. The Morgan fingerprint density at radius 3 is 2.00 bits per heavy atom. The quantitative estimate of drug-likeness (QED) is 0.890. The van der Waals surface area contributed by atoms with Crippen molar-refractivity contribution in [1.82, 2.24) is 4.72 Å². The van der Waals surface area contributed by atoms with Gasteiger partial charge in [-0.1, -0.05) is 19.1 Å². The molecule has 1 unspecified atom stereocenters. The maximum absolute atomic E-state index is 11.9. The third kappa shape index (κ3) is 3.65.